The minimum atomic E-state index is -0.433. The van der Waals surface area contributed by atoms with E-state index in [9.17, 15) is 9.59 Å². The van der Waals surface area contributed by atoms with Crippen LogP contribution >= 0.6 is 15.9 Å². The highest BCUT2D eigenvalue weighted by molar-refractivity contribution is 9.10. The lowest BCUT2D eigenvalue weighted by Crippen LogP contribution is -2.35. The molecule has 0 radical (unpaired) electrons. The molecule has 1 saturated heterocycles. The fraction of sp³-hybridized carbons (Fsp3) is 0.529. The quantitative estimate of drug-likeness (QED) is 0.706. The van der Waals surface area contributed by atoms with Crippen molar-refractivity contribution in [3.05, 3.63) is 28.2 Å². The number of hydrogen-bond donors (Lipinski definition) is 0. The molecule has 1 spiro atoms. The van der Waals surface area contributed by atoms with Gasteiger partial charge in [0.25, 0.3) is 0 Å². The van der Waals surface area contributed by atoms with Gasteiger partial charge in [0.15, 0.2) is 0 Å². The molecule has 3 nitrogen and oxygen atoms in total. The van der Waals surface area contributed by atoms with Crippen LogP contribution in [0.15, 0.2) is 22.7 Å². The smallest absolute Gasteiger partial charge is 0.240 e. The topological polar surface area (TPSA) is 37.4 Å². The number of imide groups is 1. The van der Waals surface area contributed by atoms with Gasteiger partial charge < -0.3 is 0 Å². The number of anilines is 1. The molecule has 4 heteroatoms. The van der Waals surface area contributed by atoms with Crippen molar-refractivity contribution in [3.63, 3.8) is 0 Å². The van der Waals surface area contributed by atoms with E-state index < -0.39 is 5.41 Å². The largest absolute Gasteiger partial charge is 0.274 e. The predicted octanol–water partition coefficient (Wildman–Crippen LogP) is 4.36. The zero-order valence-corrected chi connectivity index (χ0v) is 13.9. The Bertz CT molecular complexity index is 588. The van der Waals surface area contributed by atoms with Gasteiger partial charge in [0.1, 0.15) is 0 Å². The summed E-state index contributed by atoms with van der Waals surface area (Å²) >= 11 is 3.49. The van der Waals surface area contributed by atoms with Crippen LogP contribution in [0.5, 0.6) is 0 Å². The van der Waals surface area contributed by atoms with E-state index in [0.29, 0.717) is 12.1 Å². The van der Waals surface area contributed by atoms with Crippen molar-refractivity contribution in [3.8, 4) is 0 Å². The Hall–Kier alpha value is -1.16. The highest BCUT2D eigenvalue weighted by atomic mass is 79.9. The molecule has 2 aliphatic rings. The van der Waals surface area contributed by atoms with Crippen molar-refractivity contribution < 1.29 is 9.59 Å². The van der Waals surface area contributed by atoms with Crippen LogP contribution < -0.4 is 4.90 Å². The number of benzene rings is 1. The highest BCUT2D eigenvalue weighted by Crippen LogP contribution is 2.46. The second-order valence-corrected chi connectivity index (χ2v) is 7.21. The number of carbonyl (C=O) groups is 2. The fourth-order valence-corrected chi connectivity index (χ4v) is 4.30. The van der Waals surface area contributed by atoms with Crippen molar-refractivity contribution in [2.75, 3.05) is 4.90 Å². The number of aryl methyl sites for hydroxylation is 1. The average Bonchev–Trinajstić information content (AvgIpc) is 2.60. The summed E-state index contributed by atoms with van der Waals surface area (Å²) in [5, 5.41) is 0. The van der Waals surface area contributed by atoms with Gasteiger partial charge in [0.2, 0.25) is 11.8 Å². The number of amides is 2. The fourth-order valence-electron chi connectivity index (χ4n) is 3.63. The molecular weight excluding hydrogens is 330 g/mol. The van der Waals surface area contributed by atoms with Gasteiger partial charge in [-0.3, -0.25) is 9.59 Å². The molecule has 112 valence electrons. The summed E-state index contributed by atoms with van der Waals surface area (Å²) in [6.07, 6.45) is 6.57. The maximum absolute atomic E-state index is 13.0. The number of nitrogens with zero attached hydrogens (tertiary/aromatic N) is 1. The van der Waals surface area contributed by atoms with Gasteiger partial charge in [-0.15, -0.1) is 0 Å². The SMILES string of the molecule is Cc1ccc(N2C(=O)CC3(CCCCCC3)C2=O)c(Br)c1. The van der Waals surface area contributed by atoms with Crippen molar-refractivity contribution in [2.24, 2.45) is 5.41 Å². The molecule has 0 bridgehead atoms. The van der Waals surface area contributed by atoms with Crippen LogP contribution in [0.25, 0.3) is 0 Å². The van der Waals surface area contributed by atoms with E-state index in [1.54, 1.807) is 0 Å². The maximum Gasteiger partial charge on any atom is 0.240 e. The summed E-state index contributed by atoms with van der Waals surface area (Å²) in [6.45, 7) is 1.99. The van der Waals surface area contributed by atoms with Gasteiger partial charge in [0, 0.05) is 10.9 Å². The summed E-state index contributed by atoms with van der Waals surface area (Å²) in [4.78, 5) is 26.9. The summed E-state index contributed by atoms with van der Waals surface area (Å²) in [5.41, 5.74) is 1.36. The first-order chi connectivity index (χ1) is 10.0. The lowest BCUT2D eigenvalue weighted by molar-refractivity contribution is -0.126. The van der Waals surface area contributed by atoms with E-state index >= 15 is 0 Å². The van der Waals surface area contributed by atoms with Gasteiger partial charge in [0.05, 0.1) is 11.1 Å². The third kappa shape index (κ3) is 2.54. The van der Waals surface area contributed by atoms with Crippen molar-refractivity contribution in [1.29, 1.82) is 0 Å². The summed E-state index contributed by atoms with van der Waals surface area (Å²) in [7, 11) is 0. The Balaban J connectivity index is 1.97. The first-order valence-corrected chi connectivity index (χ1v) is 8.46. The van der Waals surface area contributed by atoms with E-state index in [0.717, 1.165) is 35.7 Å². The van der Waals surface area contributed by atoms with Gasteiger partial charge in [-0.1, -0.05) is 31.7 Å². The normalized spacial score (nSPS) is 21.9. The number of hydrogen-bond acceptors (Lipinski definition) is 2. The maximum atomic E-state index is 13.0. The molecule has 2 fully saturated rings. The molecular formula is C17H20BrNO2. The molecule has 1 heterocycles. The second-order valence-electron chi connectivity index (χ2n) is 6.36. The molecule has 1 saturated carbocycles. The predicted molar refractivity (Wildman–Crippen MR) is 86.1 cm³/mol. The Morgan fingerprint density at radius 3 is 2.38 bits per heavy atom. The molecule has 1 aromatic carbocycles. The number of halogens is 1. The average molecular weight is 350 g/mol. The molecule has 0 unspecified atom stereocenters. The molecule has 3 rings (SSSR count). The van der Waals surface area contributed by atoms with E-state index in [1.165, 1.54) is 17.7 Å². The zero-order chi connectivity index (χ0) is 15.0. The van der Waals surface area contributed by atoms with Gasteiger partial charge >= 0.3 is 0 Å². The van der Waals surface area contributed by atoms with Crippen LogP contribution in [0.4, 0.5) is 5.69 Å². The Morgan fingerprint density at radius 2 is 1.76 bits per heavy atom. The summed E-state index contributed by atoms with van der Waals surface area (Å²) in [5.74, 6) is -0.0367. The van der Waals surface area contributed by atoms with Crippen LogP contribution in [0.1, 0.15) is 50.5 Å². The Morgan fingerprint density at radius 1 is 1.10 bits per heavy atom. The van der Waals surface area contributed by atoms with Crippen molar-refractivity contribution in [2.45, 2.75) is 51.9 Å². The third-order valence-electron chi connectivity index (χ3n) is 4.80. The Labute approximate surface area is 133 Å². The second kappa shape index (κ2) is 5.56. The van der Waals surface area contributed by atoms with Crippen LogP contribution in [0, 0.1) is 12.3 Å². The van der Waals surface area contributed by atoms with Crippen LogP contribution in [0.3, 0.4) is 0 Å². The molecule has 0 N–H and O–H groups in total. The number of rotatable bonds is 1. The molecule has 0 atom stereocenters. The van der Waals surface area contributed by atoms with Crippen molar-refractivity contribution in [1.82, 2.24) is 0 Å². The Kier molecular flexibility index (Phi) is 3.91. The van der Waals surface area contributed by atoms with E-state index in [4.69, 9.17) is 0 Å². The molecule has 1 aliphatic carbocycles. The lowest BCUT2D eigenvalue weighted by atomic mass is 9.79. The van der Waals surface area contributed by atoms with Crippen LogP contribution in [-0.2, 0) is 9.59 Å². The lowest BCUT2D eigenvalue weighted by Gasteiger charge is -2.25. The molecule has 0 aromatic heterocycles. The minimum Gasteiger partial charge on any atom is -0.274 e. The molecule has 1 aliphatic heterocycles. The first kappa shape index (κ1) is 14.8. The monoisotopic (exact) mass is 349 g/mol. The van der Waals surface area contributed by atoms with E-state index in [1.807, 2.05) is 25.1 Å². The minimum absolute atomic E-state index is 0.0129. The standard InChI is InChI=1S/C17H20BrNO2/c1-12-6-7-14(13(18)10-12)19-15(20)11-17(16(19)21)8-4-2-3-5-9-17/h6-7,10H,2-5,8-9,11H2,1H3. The summed E-state index contributed by atoms with van der Waals surface area (Å²) < 4.78 is 0.815. The van der Waals surface area contributed by atoms with E-state index in [-0.39, 0.29) is 11.8 Å². The third-order valence-corrected chi connectivity index (χ3v) is 5.44. The molecule has 1 aromatic rings. The zero-order valence-electron chi connectivity index (χ0n) is 12.3. The highest BCUT2D eigenvalue weighted by Gasteiger charge is 2.51. The van der Waals surface area contributed by atoms with Gasteiger partial charge in [-0.2, -0.15) is 0 Å². The molecule has 2 amide bonds. The summed E-state index contributed by atoms with van der Waals surface area (Å²) in [6, 6.07) is 5.76. The molecule has 21 heavy (non-hydrogen) atoms. The number of carbonyl (C=O) groups excluding carboxylic acids is 2. The van der Waals surface area contributed by atoms with E-state index in [2.05, 4.69) is 15.9 Å². The first-order valence-electron chi connectivity index (χ1n) is 7.67. The van der Waals surface area contributed by atoms with Gasteiger partial charge in [-0.05, 0) is 53.4 Å². The van der Waals surface area contributed by atoms with Crippen molar-refractivity contribution >= 4 is 33.4 Å². The van der Waals surface area contributed by atoms with Gasteiger partial charge in [-0.25, -0.2) is 4.90 Å². The van der Waals surface area contributed by atoms with Crippen LogP contribution in [-0.4, -0.2) is 11.8 Å². The van der Waals surface area contributed by atoms with Crippen LogP contribution in [0.2, 0.25) is 0 Å².